The van der Waals surface area contributed by atoms with Gasteiger partial charge in [0.15, 0.2) is 0 Å². The molecule has 0 bridgehead atoms. The molecule has 0 heterocycles. The molecule has 21 nitrogen and oxygen atoms in total. The van der Waals surface area contributed by atoms with Crippen molar-refractivity contribution in [1.29, 1.82) is 0 Å². The van der Waals surface area contributed by atoms with Gasteiger partial charge in [-0.2, -0.15) is 0 Å². The number of hydrogen-bond donors (Lipinski definition) is 3. The number of methoxy groups -OCH3 is 3. The number of benzene rings is 6. The van der Waals surface area contributed by atoms with Gasteiger partial charge in [0.1, 0.15) is 72.6 Å². The fourth-order valence-electron chi connectivity index (χ4n) is 8.94. The third-order valence-electron chi connectivity index (χ3n) is 13.4. The zero-order valence-corrected chi connectivity index (χ0v) is 54.3. The molecule has 93 heavy (non-hydrogen) atoms. The Morgan fingerprint density at radius 3 is 0.796 bits per heavy atom. The fraction of sp³-hybridized carbons (Fsp3) is 0.333. The summed E-state index contributed by atoms with van der Waals surface area (Å²) < 4.78 is 49.6. The number of ether oxygens (including phenoxy) is 9. The molecule has 3 atom stereocenters. The highest BCUT2D eigenvalue weighted by atomic mass is 16.6. The molecular formula is C72H87N3O18. The zero-order valence-electron chi connectivity index (χ0n) is 54.3. The summed E-state index contributed by atoms with van der Waals surface area (Å²) >= 11 is 0. The van der Waals surface area contributed by atoms with Gasteiger partial charge in [-0.05, 0) is 169 Å². The molecule has 1 unspecified atom stereocenters. The van der Waals surface area contributed by atoms with E-state index in [0.29, 0.717) is 19.6 Å². The Morgan fingerprint density at radius 2 is 0.581 bits per heavy atom. The normalized spacial score (nSPS) is 12.0. The van der Waals surface area contributed by atoms with Gasteiger partial charge < -0.3 is 72.7 Å². The van der Waals surface area contributed by atoms with E-state index in [9.17, 15) is 28.8 Å². The molecule has 0 radical (unpaired) electrons. The van der Waals surface area contributed by atoms with Crippen molar-refractivity contribution < 1.29 is 86.7 Å². The molecule has 0 aliphatic rings. The first-order valence-corrected chi connectivity index (χ1v) is 29.9. The number of aliphatic carboxylic acids is 3. The van der Waals surface area contributed by atoms with E-state index in [1.54, 1.807) is 21.3 Å². The largest absolute Gasteiger partial charge is 0.497 e. The van der Waals surface area contributed by atoms with E-state index in [1.807, 2.05) is 203 Å². The number of rotatable bonds is 36. The average Bonchev–Trinajstić information content (AvgIpc) is 1.52. The van der Waals surface area contributed by atoms with Gasteiger partial charge in [-0.15, -0.1) is 0 Å². The molecule has 0 aromatic heterocycles. The van der Waals surface area contributed by atoms with Crippen LogP contribution in [0.4, 0.5) is 0 Å². The zero-order chi connectivity index (χ0) is 67.9. The van der Waals surface area contributed by atoms with Crippen molar-refractivity contribution in [2.75, 3.05) is 103 Å². The standard InChI is InChI=1S/3C24H29NO6/c3*1-25(2)16-21(31-24(28)15-14-23(26)27)17-30-22-7-5-4-6-19(22)11-8-18-9-12-20(29-3)13-10-18/h3*4-7,9-10,12-15,21H,8,11,16-17H2,1-3H3,(H,26,27)/b3*15-14+/t2*21-;/m10./s1. The van der Waals surface area contributed by atoms with Gasteiger partial charge in [-0.3, -0.25) is 0 Å². The van der Waals surface area contributed by atoms with Crippen molar-refractivity contribution in [3.05, 3.63) is 215 Å². The van der Waals surface area contributed by atoms with Gasteiger partial charge in [0.2, 0.25) is 0 Å². The number of carboxylic acids is 3. The van der Waals surface area contributed by atoms with Crippen LogP contribution in [0.15, 0.2) is 182 Å². The van der Waals surface area contributed by atoms with Crippen LogP contribution >= 0.6 is 0 Å². The number of carbonyl (C=O) groups is 6. The van der Waals surface area contributed by atoms with E-state index in [0.717, 1.165) is 126 Å². The number of likely N-dealkylation sites (N-methyl/N-ethyl adjacent to an activating group) is 3. The lowest BCUT2D eigenvalue weighted by atomic mass is 10.0. The molecule has 0 amide bonds. The SMILES string of the molecule is COc1ccc(CCc2ccccc2OCC(CN(C)C)OC(=O)/C=C/C(=O)O)cc1.COc1ccc(CCc2ccccc2OC[C@@H](CN(C)C)OC(=O)/C=C/C(=O)O)cc1.COc1ccc(CCc2ccccc2OC[C@H](CN(C)C)OC(=O)/C=C/C(=O)O)cc1. The van der Waals surface area contributed by atoms with Crippen LogP contribution in [0, 0.1) is 0 Å². The Bertz CT molecular complexity index is 2980. The second-order valence-electron chi connectivity index (χ2n) is 21.8. The Labute approximate surface area is 544 Å². The Kier molecular flexibility index (Phi) is 34.2. The maximum Gasteiger partial charge on any atom is 0.331 e. The van der Waals surface area contributed by atoms with Crippen LogP contribution in [0.5, 0.6) is 34.5 Å². The van der Waals surface area contributed by atoms with Crippen LogP contribution in [0.25, 0.3) is 0 Å². The minimum absolute atomic E-state index is 0.157. The Morgan fingerprint density at radius 1 is 0.344 bits per heavy atom. The van der Waals surface area contributed by atoms with Crippen molar-refractivity contribution in [3.8, 4) is 34.5 Å². The summed E-state index contributed by atoms with van der Waals surface area (Å²) in [7, 11) is 16.1. The van der Waals surface area contributed by atoms with Crippen LogP contribution in [0.2, 0.25) is 0 Å². The highest BCUT2D eigenvalue weighted by molar-refractivity contribution is 5.92. The summed E-state index contributed by atoms with van der Waals surface area (Å²) in [6.07, 6.45) is 8.24. The number of esters is 3. The number of carbonyl (C=O) groups excluding carboxylic acids is 3. The van der Waals surface area contributed by atoms with E-state index in [4.69, 9.17) is 58.0 Å². The van der Waals surface area contributed by atoms with Crippen LogP contribution in [0.3, 0.4) is 0 Å². The molecule has 6 rings (SSSR count). The summed E-state index contributed by atoms with van der Waals surface area (Å²) in [6, 6.07) is 47.2. The molecule has 0 aliphatic carbocycles. The van der Waals surface area contributed by atoms with Gasteiger partial charge in [-0.25, -0.2) is 28.8 Å². The monoisotopic (exact) mass is 1280 g/mol. The summed E-state index contributed by atoms with van der Waals surface area (Å²) in [5, 5.41) is 25.9. The molecule has 6 aromatic rings. The first kappa shape index (κ1) is 75.5. The fourth-order valence-corrected chi connectivity index (χ4v) is 8.94. The second-order valence-corrected chi connectivity index (χ2v) is 21.8. The molecule has 0 spiro atoms. The number of nitrogens with zero attached hydrogens (tertiary/aromatic N) is 3. The molecule has 0 fully saturated rings. The predicted molar refractivity (Wildman–Crippen MR) is 353 cm³/mol. The lowest BCUT2D eigenvalue weighted by molar-refractivity contribution is -0.146. The molecule has 6 aromatic carbocycles. The van der Waals surface area contributed by atoms with E-state index in [2.05, 4.69) is 0 Å². The number of carboxylic acid groups (broad SMARTS) is 3. The molecule has 21 heteroatoms. The molecule has 498 valence electrons. The van der Waals surface area contributed by atoms with Crippen molar-refractivity contribution in [2.24, 2.45) is 0 Å². The highest BCUT2D eigenvalue weighted by Gasteiger charge is 2.20. The van der Waals surface area contributed by atoms with Crippen molar-refractivity contribution in [3.63, 3.8) is 0 Å². The van der Waals surface area contributed by atoms with Gasteiger partial charge >= 0.3 is 35.8 Å². The lowest BCUT2D eigenvalue weighted by Gasteiger charge is -2.22. The summed E-state index contributed by atoms with van der Waals surface area (Å²) in [5.74, 6) is -1.09. The Hall–Kier alpha value is -9.96. The molecule has 0 saturated carbocycles. The third kappa shape index (κ3) is 32.1. The lowest BCUT2D eigenvalue weighted by Crippen LogP contribution is -2.35. The summed E-state index contributed by atoms with van der Waals surface area (Å²) in [4.78, 5) is 73.0. The van der Waals surface area contributed by atoms with E-state index >= 15 is 0 Å². The average molecular weight is 1280 g/mol. The third-order valence-corrected chi connectivity index (χ3v) is 13.4. The summed E-state index contributed by atoms with van der Waals surface area (Å²) in [6.45, 7) is 1.81. The van der Waals surface area contributed by atoms with Gasteiger partial charge in [-0.1, -0.05) is 91.0 Å². The van der Waals surface area contributed by atoms with Crippen molar-refractivity contribution in [2.45, 2.75) is 56.8 Å². The maximum atomic E-state index is 11.9. The first-order chi connectivity index (χ1) is 44.6. The summed E-state index contributed by atoms with van der Waals surface area (Å²) in [5.41, 5.74) is 6.75. The van der Waals surface area contributed by atoms with Crippen LogP contribution in [-0.4, -0.2) is 187 Å². The highest BCUT2D eigenvalue weighted by Crippen LogP contribution is 2.25. The molecule has 3 N–H and O–H groups in total. The van der Waals surface area contributed by atoms with Crippen molar-refractivity contribution >= 4 is 35.8 Å². The smallest absolute Gasteiger partial charge is 0.331 e. The quantitative estimate of drug-likeness (QED) is 0.0188. The van der Waals surface area contributed by atoms with Crippen LogP contribution in [-0.2, 0) is 81.5 Å². The number of hydrogen-bond acceptors (Lipinski definition) is 18. The topological polar surface area (TPSA) is 256 Å². The minimum atomic E-state index is -1.21. The minimum Gasteiger partial charge on any atom is -0.497 e. The van der Waals surface area contributed by atoms with E-state index < -0.39 is 54.1 Å². The van der Waals surface area contributed by atoms with Gasteiger partial charge in [0.05, 0.1) is 21.3 Å². The van der Waals surface area contributed by atoms with Gasteiger partial charge in [0, 0.05) is 56.1 Å². The number of aryl methyl sites for hydroxylation is 6. The number of para-hydroxylation sites is 3. The predicted octanol–water partition coefficient (Wildman–Crippen LogP) is 8.92. The molecule has 0 aliphatic heterocycles. The van der Waals surface area contributed by atoms with E-state index in [-0.39, 0.29) is 19.8 Å². The van der Waals surface area contributed by atoms with Gasteiger partial charge in [0.25, 0.3) is 0 Å². The second kappa shape index (κ2) is 42.2. The Balaban J connectivity index is 0.000000297. The maximum absolute atomic E-state index is 11.9. The van der Waals surface area contributed by atoms with Crippen molar-refractivity contribution in [1.82, 2.24) is 14.7 Å². The van der Waals surface area contributed by atoms with Crippen LogP contribution < -0.4 is 28.4 Å². The molecule has 0 saturated heterocycles. The van der Waals surface area contributed by atoms with E-state index in [1.165, 1.54) is 16.7 Å². The van der Waals surface area contributed by atoms with Crippen LogP contribution in [0.1, 0.15) is 33.4 Å². The first-order valence-electron chi connectivity index (χ1n) is 29.9. The molecular weight excluding hydrogens is 1190 g/mol.